The summed E-state index contributed by atoms with van der Waals surface area (Å²) in [6.07, 6.45) is 0.214. The summed E-state index contributed by atoms with van der Waals surface area (Å²) in [4.78, 5) is 26.9. The number of nitrogens with zero attached hydrogens (tertiary/aromatic N) is 1. The molecule has 0 saturated carbocycles. The molecule has 27 heavy (non-hydrogen) atoms. The van der Waals surface area contributed by atoms with Crippen molar-refractivity contribution in [3.8, 4) is 5.75 Å². The Morgan fingerprint density at radius 3 is 2.44 bits per heavy atom. The van der Waals surface area contributed by atoms with Crippen LogP contribution in [0.4, 0.5) is 5.69 Å². The van der Waals surface area contributed by atoms with Crippen molar-refractivity contribution >= 4 is 17.4 Å². The van der Waals surface area contributed by atoms with Gasteiger partial charge >= 0.3 is 0 Å². The molecular weight excluding hydrogens is 342 g/mol. The van der Waals surface area contributed by atoms with Crippen LogP contribution in [0.2, 0.25) is 0 Å². The van der Waals surface area contributed by atoms with Crippen LogP contribution in [0.1, 0.15) is 37.4 Å². The zero-order valence-electron chi connectivity index (χ0n) is 15.7. The van der Waals surface area contributed by atoms with Crippen LogP contribution >= 0.6 is 0 Å². The fourth-order valence-corrected chi connectivity index (χ4v) is 3.37. The Kier molecular flexibility index (Phi) is 5.31. The summed E-state index contributed by atoms with van der Waals surface area (Å²) >= 11 is 0. The molecule has 1 aliphatic rings. The van der Waals surface area contributed by atoms with Crippen molar-refractivity contribution in [2.45, 2.75) is 33.2 Å². The van der Waals surface area contributed by atoms with Gasteiger partial charge in [-0.1, -0.05) is 36.8 Å². The Balaban J connectivity index is 2.11. The molecule has 1 unspecified atom stereocenters. The lowest BCUT2D eigenvalue weighted by atomic mass is 9.94. The average Bonchev–Trinajstić information content (AvgIpc) is 2.93. The second-order valence-electron chi connectivity index (χ2n) is 6.46. The highest BCUT2D eigenvalue weighted by atomic mass is 16.5. The van der Waals surface area contributed by atoms with Crippen molar-refractivity contribution in [2.24, 2.45) is 0 Å². The molecule has 2 aromatic rings. The molecule has 1 atom stereocenters. The number of carbonyl (C=O) groups is 2. The van der Waals surface area contributed by atoms with Gasteiger partial charge in [-0.2, -0.15) is 0 Å². The molecule has 5 heteroatoms. The first kappa shape index (κ1) is 18.7. The standard InChI is InChI=1S/C22H23NO4/c1-4-18(24)19-20(15-8-6-7-14(3)13-15)23(22(26)21(19)25)16-9-11-17(12-10-16)27-5-2/h6-13,20,25H,4-5H2,1-3H3. The van der Waals surface area contributed by atoms with Gasteiger partial charge < -0.3 is 9.84 Å². The van der Waals surface area contributed by atoms with Gasteiger partial charge in [0.15, 0.2) is 11.5 Å². The SMILES string of the molecule is CCOc1ccc(N2C(=O)C(O)=C(C(=O)CC)C2c2cccc(C)c2)cc1. The van der Waals surface area contributed by atoms with Crippen LogP contribution in [0.25, 0.3) is 0 Å². The monoisotopic (exact) mass is 365 g/mol. The molecule has 1 N–H and O–H groups in total. The van der Waals surface area contributed by atoms with Gasteiger partial charge in [0.2, 0.25) is 0 Å². The zero-order valence-corrected chi connectivity index (χ0v) is 15.7. The number of rotatable bonds is 6. The van der Waals surface area contributed by atoms with E-state index >= 15 is 0 Å². The van der Waals surface area contributed by atoms with Crippen LogP contribution in [-0.2, 0) is 9.59 Å². The van der Waals surface area contributed by atoms with Crippen molar-refractivity contribution in [2.75, 3.05) is 11.5 Å². The highest BCUT2D eigenvalue weighted by molar-refractivity contribution is 6.16. The first-order valence-corrected chi connectivity index (χ1v) is 9.07. The number of aryl methyl sites for hydroxylation is 1. The Morgan fingerprint density at radius 2 is 1.85 bits per heavy atom. The molecule has 0 fully saturated rings. The summed E-state index contributed by atoms with van der Waals surface area (Å²) in [7, 11) is 0. The first-order valence-electron chi connectivity index (χ1n) is 9.07. The maximum atomic E-state index is 12.9. The number of hydrogen-bond acceptors (Lipinski definition) is 4. The molecule has 0 spiro atoms. The third-order valence-corrected chi connectivity index (χ3v) is 4.61. The van der Waals surface area contributed by atoms with E-state index < -0.39 is 17.7 Å². The predicted octanol–water partition coefficient (Wildman–Crippen LogP) is 4.27. The lowest BCUT2D eigenvalue weighted by Crippen LogP contribution is -2.31. The van der Waals surface area contributed by atoms with E-state index in [1.54, 1.807) is 31.2 Å². The maximum Gasteiger partial charge on any atom is 0.294 e. The van der Waals surface area contributed by atoms with E-state index in [-0.39, 0.29) is 17.8 Å². The molecule has 5 nitrogen and oxygen atoms in total. The van der Waals surface area contributed by atoms with Gasteiger partial charge in [-0.25, -0.2) is 0 Å². The summed E-state index contributed by atoms with van der Waals surface area (Å²) in [6.45, 7) is 6.12. The van der Waals surface area contributed by atoms with Crippen LogP contribution < -0.4 is 9.64 Å². The molecule has 0 bridgehead atoms. The lowest BCUT2D eigenvalue weighted by Gasteiger charge is -2.27. The van der Waals surface area contributed by atoms with Crippen LogP contribution in [-0.4, -0.2) is 23.4 Å². The summed E-state index contributed by atoms with van der Waals surface area (Å²) in [5, 5.41) is 10.5. The molecule has 1 heterocycles. The minimum absolute atomic E-state index is 0.155. The third kappa shape index (κ3) is 3.45. The number of carbonyl (C=O) groups excluding carboxylic acids is 2. The second kappa shape index (κ2) is 7.66. The highest BCUT2D eigenvalue weighted by Gasteiger charge is 2.43. The average molecular weight is 365 g/mol. The number of ether oxygens (including phenoxy) is 1. The molecule has 3 rings (SSSR count). The van der Waals surface area contributed by atoms with Gasteiger partial charge in [0.25, 0.3) is 5.91 Å². The molecule has 1 aliphatic heterocycles. The summed E-state index contributed by atoms with van der Waals surface area (Å²) in [5.41, 5.74) is 2.56. The number of anilines is 1. The summed E-state index contributed by atoms with van der Waals surface area (Å²) < 4.78 is 5.46. The third-order valence-electron chi connectivity index (χ3n) is 4.61. The number of hydrogen-bond donors (Lipinski definition) is 1. The molecule has 0 aromatic heterocycles. The minimum atomic E-state index is -0.650. The number of amides is 1. The summed E-state index contributed by atoms with van der Waals surface area (Å²) in [5.74, 6) is -0.576. The van der Waals surface area contributed by atoms with Crippen molar-refractivity contribution in [3.63, 3.8) is 0 Å². The topological polar surface area (TPSA) is 66.8 Å². The largest absolute Gasteiger partial charge is 0.503 e. The smallest absolute Gasteiger partial charge is 0.294 e. The fraction of sp³-hybridized carbons (Fsp3) is 0.273. The Morgan fingerprint density at radius 1 is 1.15 bits per heavy atom. The van der Waals surface area contributed by atoms with E-state index in [1.807, 2.05) is 38.1 Å². The molecule has 140 valence electrons. The molecule has 2 aromatic carbocycles. The van der Waals surface area contributed by atoms with E-state index in [9.17, 15) is 14.7 Å². The number of Topliss-reactive ketones (excluding diaryl/α,β-unsaturated/α-hetero) is 1. The van der Waals surface area contributed by atoms with E-state index in [2.05, 4.69) is 0 Å². The number of ketones is 1. The van der Waals surface area contributed by atoms with Crippen LogP contribution in [0.15, 0.2) is 59.9 Å². The summed E-state index contributed by atoms with van der Waals surface area (Å²) in [6, 6.07) is 14.1. The van der Waals surface area contributed by atoms with Gasteiger partial charge in [0, 0.05) is 12.1 Å². The molecular formula is C22H23NO4. The van der Waals surface area contributed by atoms with Gasteiger partial charge in [-0.05, 0) is 43.7 Å². The number of benzene rings is 2. The van der Waals surface area contributed by atoms with Crippen LogP contribution in [0.5, 0.6) is 5.75 Å². The van der Waals surface area contributed by atoms with Crippen molar-refractivity contribution < 1.29 is 19.4 Å². The van der Waals surface area contributed by atoms with Crippen molar-refractivity contribution in [3.05, 3.63) is 71.0 Å². The molecule has 1 amide bonds. The van der Waals surface area contributed by atoms with E-state index in [0.717, 1.165) is 11.1 Å². The van der Waals surface area contributed by atoms with Crippen molar-refractivity contribution in [1.29, 1.82) is 0 Å². The highest BCUT2D eigenvalue weighted by Crippen LogP contribution is 2.41. The number of aliphatic hydroxyl groups is 1. The molecule has 0 aliphatic carbocycles. The fourth-order valence-electron chi connectivity index (χ4n) is 3.37. The maximum absolute atomic E-state index is 12.9. The van der Waals surface area contributed by atoms with Gasteiger partial charge in [-0.15, -0.1) is 0 Å². The first-order chi connectivity index (χ1) is 13.0. The second-order valence-corrected chi connectivity index (χ2v) is 6.46. The van der Waals surface area contributed by atoms with Crippen LogP contribution in [0.3, 0.4) is 0 Å². The molecule has 0 radical (unpaired) electrons. The number of aliphatic hydroxyl groups excluding tert-OH is 1. The predicted molar refractivity (Wildman–Crippen MR) is 104 cm³/mol. The van der Waals surface area contributed by atoms with Gasteiger partial charge in [0.05, 0.1) is 18.2 Å². The van der Waals surface area contributed by atoms with Crippen LogP contribution in [0, 0.1) is 6.92 Å². The Bertz CT molecular complexity index is 899. The molecule has 0 saturated heterocycles. The minimum Gasteiger partial charge on any atom is -0.503 e. The van der Waals surface area contributed by atoms with E-state index in [0.29, 0.717) is 18.0 Å². The van der Waals surface area contributed by atoms with E-state index in [4.69, 9.17) is 4.74 Å². The quantitative estimate of drug-likeness (QED) is 0.830. The van der Waals surface area contributed by atoms with E-state index in [1.165, 1.54) is 4.90 Å². The van der Waals surface area contributed by atoms with Crippen molar-refractivity contribution in [1.82, 2.24) is 0 Å². The Labute approximate surface area is 158 Å². The van der Waals surface area contributed by atoms with Gasteiger partial charge in [0.1, 0.15) is 5.75 Å². The van der Waals surface area contributed by atoms with Gasteiger partial charge in [-0.3, -0.25) is 14.5 Å². The lowest BCUT2D eigenvalue weighted by molar-refractivity contribution is -0.118. The Hall–Kier alpha value is -3.08. The normalized spacial score (nSPS) is 16.8. The zero-order chi connectivity index (χ0) is 19.6.